The molecular formula is C6H3Cl3N2O. The molecule has 0 aliphatic rings. The molecule has 1 rings (SSSR count). The first-order valence-electron chi connectivity index (χ1n) is 2.84. The molecule has 0 aliphatic carbocycles. The van der Waals surface area contributed by atoms with Crippen molar-refractivity contribution in [3.8, 4) is 0 Å². The molecule has 0 radical (unpaired) electrons. The molecule has 64 valence electrons. The average Bonchev–Trinajstić information content (AvgIpc) is 2.03. The number of nitrogens with zero attached hydrogens (tertiary/aromatic N) is 2. The van der Waals surface area contributed by atoms with Crippen molar-refractivity contribution in [2.24, 2.45) is 5.16 Å². The number of aromatic nitrogens is 1. The fourth-order valence-electron chi connectivity index (χ4n) is 0.648. The first kappa shape index (κ1) is 9.58. The summed E-state index contributed by atoms with van der Waals surface area (Å²) in [5, 5.41) is 11.3. The van der Waals surface area contributed by atoms with Gasteiger partial charge in [0.15, 0.2) is 5.17 Å². The van der Waals surface area contributed by atoms with E-state index in [1.807, 2.05) is 0 Å². The second kappa shape index (κ2) is 3.94. The van der Waals surface area contributed by atoms with E-state index < -0.39 is 0 Å². The summed E-state index contributed by atoms with van der Waals surface area (Å²) in [7, 11) is 0. The van der Waals surface area contributed by atoms with E-state index in [0.717, 1.165) is 0 Å². The zero-order valence-electron chi connectivity index (χ0n) is 5.63. The highest BCUT2D eigenvalue weighted by molar-refractivity contribution is 6.71. The van der Waals surface area contributed by atoms with Crippen LogP contribution in [0.5, 0.6) is 0 Å². The van der Waals surface area contributed by atoms with Gasteiger partial charge in [-0.3, -0.25) is 0 Å². The molecule has 1 aromatic heterocycles. The van der Waals surface area contributed by atoms with Gasteiger partial charge < -0.3 is 5.21 Å². The lowest BCUT2D eigenvalue weighted by Gasteiger charge is -2.00. The molecule has 1 N–H and O–H groups in total. The van der Waals surface area contributed by atoms with Gasteiger partial charge in [0.1, 0.15) is 5.15 Å². The van der Waals surface area contributed by atoms with Crippen LogP contribution in [0.25, 0.3) is 0 Å². The van der Waals surface area contributed by atoms with Crippen LogP contribution in [0, 0.1) is 0 Å². The standard InChI is InChI=1S/C6H3Cl3N2O/c7-3-1-2-10-5(8)4(3)6(9)11-12/h1-2,12H/b11-6-. The second-order valence-corrected chi connectivity index (χ2v) is 2.97. The van der Waals surface area contributed by atoms with Crippen molar-refractivity contribution in [1.82, 2.24) is 4.98 Å². The number of rotatable bonds is 1. The Balaban J connectivity index is 3.31. The van der Waals surface area contributed by atoms with Gasteiger partial charge in [0.25, 0.3) is 0 Å². The molecule has 0 fully saturated rings. The highest BCUT2D eigenvalue weighted by atomic mass is 35.5. The maximum atomic E-state index is 8.35. The van der Waals surface area contributed by atoms with Crippen LogP contribution < -0.4 is 0 Å². The van der Waals surface area contributed by atoms with Gasteiger partial charge >= 0.3 is 0 Å². The third-order valence-electron chi connectivity index (χ3n) is 1.15. The van der Waals surface area contributed by atoms with Crippen molar-refractivity contribution in [2.75, 3.05) is 0 Å². The molecule has 0 aromatic carbocycles. The zero-order chi connectivity index (χ0) is 9.14. The minimum atomic E-state index is -0.182. The number of halogens is 3. The minimum absolute atomic E-state index is 0.102. The van der Waals surface area contributed by atoms with Crippen LogP contribution in [0.2, 0.25) is 10.2 Å². The van der Waals surface area contributed by atoms with Gasteiger partial charge in [-0.25, -0.2) is 4.98 Å². The highest BCUT2D eigenvalue weighted by Crippen LogP contribution is 2.23. The lowest BCUT2D eigenvalue weighted by atomic mass is 10.3. The Morgan fingerprint density at radius 3 is 2.67 bits per heavy atom. The molecule has 0 atom stereocenters. The molecule has 12 heavy (non-hydrogen) atoms. The summed E-state index contributed by atoms with van der Waals surface area (Å²) in [6.45, 7) is 0. The van der Waals surface area contributed by atoms with Gasteiger partial charge in [0.05, 0.1) is 10.6 Å². The monoisotopic (exact) mass is 224 g/mol. The van der Waals surface area contributed by atoms with Crippen molar-refractivity contribution in [2.45, 2.75) is 0 Å². The maximum absolute atomic E-state index is 8.35. The normalized spacial score (nSPS) is 11.8. The van der Waals surface area contributed by atoms with Crippen LogP contribution in [0.1, 0.15) is 5.56 Å². The Bertz CT molecular complexity index is 306. The van der Waals surface area contributed by atoms with Gasteiger partial charge in [0.2, 0.25) is 0 Å². The van der Waals surface area contributed by atoms with Crippen LogP contribution in [0.4, 0.5) is 0 Å². The number of oxime groups is 1. The zero-order valence-corrected chi connectivity index (χ0v) is 7.90. The predicted molar refractivity (Wildman–Crippen MR) is 48.4 cm³/mol. The molecule has 6 heteroatoms. The van der Waals surface area contributed by atoms with E-state index in [0.29, 0.717) is 0 Å². The van der Waals surface area contributed by atoms with Gasteiger partial charge in [-0.1, -0.05) is 40.0 Å². The topological polar surface area (TPSA) is 45.5 Å². The van der Waals surface area contributed by atoms with E-state index in [2.05, 4.69) is 10.1 Å². The van der Waals surface area contributed by atoms with Gasteiger partial charge in [-0.05, 0) is 6.07 Å². The Kier molecular flexibility index (Phi) is 3.14. The fourth-order valence-corrected chi connectivity index (χ4v) is 1.47. The predicted octanol–water partition coefficient (Wildman–Crippen LogP) is 2.76. The number of pyridine rings is 1. The summed E-state index contributed by atoms with van der Waals surface area (Å²) in [5.41, 5.74) is 0.227. The van der Waals surface area contributed by atoms with Crippen LogP contribution in [0.3, 0.4) is 0 Å². The Labute approximate surface area is 83.6 Å². The van der Waals surface area contributed by atoms with E-state index in [4.69, 9.17) is 40.0 Å². The summed E-state index contributed by atoms with van der Waals surface area (Å²) >= 11 is 16.8. The first-order chi connectivity index (χ1) is 5.66. The largest absolute Gasteiger partial charge is 0.410 e. The molecule has 0 unspecified atom stereocenters. The first-order valence-corrected chi connectivity index (χ1v) is 3.98. The molecule has 0 saturated carbocycles. The molecule has 0 amide bonds. The molecule has 0 saturated heterocycles. The molecular weight excluding hydrogens is 222 g/mol. The van der Waals surface area contributed by atoms with Crippen molar-refractivity contribution in [3.05, 3.63) is 28.0 Å². The summed E-state index contributed by atoms with van der Waals surface area (Å²) in [6, 6.07) is 1.50. The molecule has 1 heterocycles. The Morgan fingerprint density at radius 1 is 1.50 bits per heavy atom. The molecule has 1 aromatic rings. The van der Waals surface area contributed by atoms with E-state index >= 15 is 0 Å². The summed E-state index contributed by atoms with van der Waals surface area (Å²) < 4.78 is 0. The SMILES string of the molecule is O/N=C(\Cl)c1c(Cl)ccnc1Cl. The molecule has 0 spiro atoms. The maximum Gasteiger partial charge on any atom is 0.179 e. The van der Waals surface area contributed by atoms with Crippen LogP contribution >= 0.6 is 34.8 Å². The van der Waals surface area contributed by atoms with Crippen molar-refractivity contribution < 1.29 is 5.21 Å². The minimum Gasteiger partial charge on any atom is -0.410 e. The van der Waals surface area contributed by atoms with Gasteiger partial charge in [-0.2, -0.15) is 0 Å². The number of hydrogen-bond donors (Lipinski definition) is 1. The van der Waals surface area contributed by atoms with Crippen LogP contribution in [0.15, 0.2) is 17.4 Å². The van der Waals surface area contributed by atoms with Crippen molar-refractivity contribution >= 4 is 40.0 Å². The Hall–Kier alpha value is -0.510. The quantitative estimate of drug-likeness (QED) is 0.346. The van der Waals surface area contributed by atoms with E-state index in [1.165, 1.54) is 12.3 Å². The van der Waals surface area contributed by atoms with E-state index in [9.17, 15) is 0 Å². The van der Waals surface area contributed by atoms with Crippen molar-refractivity contribution in [1.29, 1.82) is 0 Å². The Morgan fingerprint density at radius 2 is 2.17 bits per heavy atom. The molecule has 0 bridgehead atoms. The van der Waals surface area contributed by atoms with Gasteiger partial charge in [0, 0.05) is 6.20 Å². The highest BCUT2D eigenvalue weighted by Gasteiger charge is 2.11. The van der Waals surface area contributed by atoms with E-state index in [1.54, 1.807) is 0 Å². The third-order valence-corrected chi connectivity index (χ3v) is 2.01. The summed E-state index contributed by atoms with van der Waals surface area (Å²) in [6.07, 6.45) is 1.43. The smallest absolute Gasteiger partial charge is 0.179 e. The lowest BCUT2D eigenvalue weighted by molar-refractivity contribution is 0.321. The van der Waals surface area contributed by atoms with Crippen LogP contribution in [-0.2, 0) is 0 Å². The van der Waals surface area contributed by atoms with E-state index in [-0.39, 0.29) is 20.9 Å². The summed E-state index contributed by atoms with van der Waals surface area (Å²) in [5.74, 6) is 0. The third kappa shape index (κ3) is 1.80. The number of hydrogen-bond acceptors (Lipinski definition) is 3. The van der Waals surface area contributed by atoms with Crippen LogP contribution in [-0.4, -0.2) is 15.4 Å². The molecule has 0 aliphatic heterocycles. The molecule has 3 nitrogen and oxygen atoms in total. The fraction of sp³-hybridized carbons (Fsp3) is 0. The summed E-state index contributed by atoms with van der Waals surface area (Å²) in [4.78, 5) is 3.71. The van der Waals surface area contributed by atoms with Crippen molar-refractivity contribution in [3.63, 3.8) is 0 Å². The second-order valence-electron chi connectivity index (χ2n) is 1.85. The lowest BCUT2D eigenvalue weighted by Crippen LogP contribution is -1.95. The average molecular weight is 225 g/mol. The van der Waals surface area contributed by atoms with Gasteiger partial charge in [-0.15, -0.1) is 0 Å².